The number of carbonyl (C=O) groups excluding carboxylic acids is 3. The summed E-state index contributed by atoms with van der Waals surface area (Å²) < 4.78 is 0. The lowest BCUT2D eigenvalue weighted by atomic mass is 10.2. The highest BCUT2D eigenvalue weighted by molar-refractivity contribution is 6.04. The van der Waals surface area contributed by atoms with E-state index in [0.717, 1.165) is 34.6 Å². The molecule has 0 spiro atoms. The number of carbonyl (C=O) groups is 3. The van der Waals surface area contributed by atoms with Crippen molar-refractivity contribution in [3.8, 4) is 0 Å². The van der Waals surface area contributed by atoms with Crippen LogP contribution in [0.3, 0.4) is 0 Å². The van der Waals surface area contributed by atoms with Crippen molar-refractivity contribution in [2.75, 3.05) is 26.7 Å². The molecular formula is C17H19N5O3. The van der Waals surface area contributed by atoms with Gasteiger partial charge in [0, 0.05) is 13.6 Å². The van der Waals surface area contributed by atoms with Gasteiger partial charge in [-0.25, -0.2) is 9.78 Å². The Hall–Kier alpha value is -2.90. The fraction of sp³-hybridized carbons (Fsp3) is 0.412. The number of benzene rings is 1. The van der Waals surface area contributed by atoms with Crippen LogP contribution < -0.4 is 0 Å². The van der Waals surface area contributed by atoms with Crippen LogP contribution in [0, 0.1) is 0 Å². The molecule has 130 valence electrons. The Balaban J connectivity index is 1.54. The minimum absolute atomic E-state index is 0.0269. The van der Waals surface area contributed by atoms with Gasteiger partial charge in [-0.3, -0.25) is 14.5 Å². The number of amides is 4. The Bertz CT molecular complexity index is 828. The number of nitrogens with one attached hydrogen (secondary N) is 1. The summed E-state index contributed by atoms with van der Waals surface area (Å²) in [6.07, 6.45) is 1.68. The molecule has 2 saturated heterocycles. The number of likely N-dealkylation sites (N-methyl/N-ethyl adjacent to an activating group) is 1. The quantitative estimate of drug-likeness (QED) is 0.847. The maximum absolute atomic E-state index is 12.7. The molecule has 2 aliphatic rings. The van der Waals surface area contributed by atoms with Crippen LogP contribution in [-0.4, -0.2) is 69.2 Å². The van der Waals surface area contributed by atoms with Gasteiger partial charge in [-0.15, -0.1) is 0 Å². The summed E-state index contributed by atoms with van der Waals surface area (Å²) >= 11 is 0. The van der Waals surface area contributed by atoms with Gasteiger partial charge in [0.2, 0.25) is 5.91 Å². The minimum atomic E-state index is -0.419. The van der Waals surface area contributed by atoms with Crippen molar-refractivity contribution in [2.24, 2.45) is 0 Å². The first kappa shape index (κ1) is 15.6. The Morgan fingerprint density at radius 2 is 2.12 bits per heavy atom. The average molecular weight is 341 g/mol. The van der Waals surface area contributed by atoms with Crippen LogP contribution in [0.4, 0.5) is 4.79 Å². The number of H-pyrrole nitrogens is 1. The number of aromatic amines is 1. The summed E-state index contributed by atoms with van der Waals surface area (Å²) in [5.74, 6) is 0.198. The summed E-state index contributed by atoms with van der Waals surface area (Å²) in [4.78, 5) is 48.5. The lowest BCUT2D eigenvalue weighted by Gasteiger charge is -2.25. The fourth-order valence-corrected chi connectivity index (χ4v) is 3.53. The molecule has 1 aromatic heterocycles. The molecule has 8 nitrogen and oxygen atoms in total. The first-order valence-electron chi connectivity index (χ1n) is 8.34. The van der Waals surface area contributed by atoms with Crippen molar-refractivity contribution < 1.29 is 14.4 Å². The van der Waals surface area contributed by atoms with E-state index in [2.05, 4.69) is 9.97 Å². The van der Waals surface area contributed by atoms with E-state index >= 15 is 0 Å². The highest BCUT2D eigenvalue weighted by atomic mass is 16.2. The van der Waals surface area contributed by atoms with E-state index in [1.165, 1.54) is 4.90 Å². The number of hydrogen-bond acceptors (Lipinski definition) is 4. The van der Waals surface area contributed by atoms with E-state index in [0.29, 0.717) is 6.54 Å². The Labute approximate surface area is 144 Å². The molecule has 0 unspecified atom stereocenters. The smallest absolute Gasteiger partial charge is 0.327 e. The van der Waals surface area contributed by atoms with Gasteiger partial charge in [-0.1, -0.05) is 12.1 Å². The molecule has 0 bridgehead atoms. The molecule has 4 rings (SSSR count). The number of nitrogens with zero attached hydrogens (tertiary/aromatic N) is 4. The van der Waals surface area contributed by atoms with Gasteiger partial charge in [-0.2, -0.15) is 0 Å². The van der Waals surface area contributed by atoms with Crippen LogP contribution in [0.2, 0.25) is 0 Å². The number of para-hydroxylation sites is 2. The third-order valence-corrected chi connectivity index (χ3v) is 4.82. The standard InChI is InChI=1S/C17H19N5O3/c1-20-9-14(23)22(17(20)25)10-15(24)21-8-4-7-13(21)16-18-11-5-2-3-6-12(11)19-16/h2-3,5-6,13H,4,7-10H2,1H3,(H,18,19)/t13-/m1/s1. The second-order valence-corrected chi connectivity index (χ2v) is 6.50. The molecule has 1 aromatic carbocycles. The van der Waals surface area contributed by atoms with Crippen LogP contribution in [0.25, 0.3) is 11.0 Å². The molecule has 2 aromatic rings. The van der Waals surface area contributed by atoms with Gasteiger partial charge in [0.15, 0.2) is 0 Å². The van der Waals surface area contributed by atoms with Crippen molar-refractivity contribution in [3.63, 3.8) is 0 Å². The van der Waals surface area contributed by atoms with Crippen LogP contribution in [0.15, 0.2) is 24.3 Å². The van der Waals surface area contributed by atoms with E-state index in [4.69, 9.17) is 0 Å². The number of hydrogen-bond donors (Lipinski definition) is 1. The maximum Gasteiger partial charge on any atom is 0.327 e. The molecule has 0 aliphatic carbocycles. The molecule has 0 radical (unpaired) electrons. The van der Waals surface area contributed by atoms with Crippen molar-refractivity contribution in [1.29, 1.82) is 0 Å². The summed E-state index contributed by atoms with van der Waals surface area (Å²) in [5.41, 5.74) is 1.80. The maximum atomic E-state index is 12.7. The third kappa shape index (κ3) is 2.63. The first-order valence-corrected chi connectivity index (χ1v) is 8.34. The van der Waals surface area contributed by atoms with E-state index in [1.54, 1.807) is 11.9 Å². The third-order valence-electron chi connectivity index (χ3n) is 4.82. The molecule has 1 atom stereocenters. The van der Waals surface area contributed by atoms with Crippen LogP contribution >= 0.6 is 0 Å². The first-order chi connectivity index (χ1) is 12.0. The largest absolute Gasteiger partial charge is 0.340 e. The van der Waals surface area contributed by atoms with Gasteiger partial charge in [0.25, 0.3) is 5.91 Å². The number of imide groups is 1. The number of imidazole rings is 1. The van der Waals surface area contributed by atoms with Crippen molar-refractivity contribution >= 4 is 28.9 Å². The monoisotopic (exact) mass is 341 g/mol. The Kier molecular flexibility index (Phi) is 3.67. The lowest BCUT2D eigenvalue weighted by molar-refractivity contribution is -0.137. The van der Waals surface area contributed by atoms with E-state index in [-0.39, 0.29) is 30.9 Å². The summed E-state index contributed by atoms with van der Waals surface area (Å²) in [6.45, 7) is 0.421. The van der Waals surface area contributed by atoms with Crippen LogP contribution in [0.5, 0.6) is 0 Å². The van der Waals surface area contributed by atoms with Crippen molar-refractivity contribution in [3.05, 3.63) is 30.1 Å². The summed E-state index contributed by atoms with van der Waals surface area (Å²) in [6, 6.07) is 7.16. The van der Waals surface area contributed by atoms with Crippen molar-refractivity contribution in [1.82, 2.24) is 24.7 Å². The van der Waals surface area contributed by atoms with E-state index < -0.39 is 6.03 Å². The van der Waals surface area contributed by atoms with Gasteiger partial charge in [0.05, 0.1) is 17.1 Å². The Morgan fingerprint density at radius 1 is 1.32 bits per heavy atom. The van der Waals surface area contributed by atoms with Gasteiger partial charge in [-0.05, 0) is 25.0 Å². The molecular weight excluding hydrogens is 322 g/mol. The normalized spacial score (nSPS) is 21.0. The number of rotatable bonds is 3. The van der Waals surface area contributed by atoms with Crippen molar-refractivity contribution in [2.45, 2.75) is 18.9 Å². The predicted octanol–water partition coefficient (Wildman–Crippen LogP) is 1.12. The molecule has 3 heterocycles. The fourth-order valence-electron chi connectivity index (χ4n) is 3.53. The molecule has 4 amide bonds. The molecule has 2 fully saturated rings. The summed E-state index contributed by atoms with van der Waals surface area (Å²) in [7, 11) is 1.55. The zero-order chi connectivity index (χ0) is 17.6. The predicted molar refractivity (Wildman–Crippen MR) is 89.5 cm³/mol. The lowest BCUT2D eigenvalue weighted by Crippen LogP contribution is -2.43. The number of aromatic nitrogens is 2. The number of likely N-dealkylation sites (tertiary alicyclic amines) is 1. The van der Waals surface area contributed by atoms with Gasteiger partial charge < -0.3 is 14.8 Å². The SMILES string of the molecule is CN1CC(=O)N(CC(=O)N2CCC[C@@H]2c2nc3ccccc3[nH]2)C1=O. The minimum Gasteiger partial charge on any atom is -0.340 e. The molecule has 2 aliphatic heterocycles. The second-order valence-electron chi connectivity index (χ2n) is 6.50. The molecule has 1 N–H and O–H groups in total. The molecule has 25 heavy (non-hydrogen) atoms. The Morgan fingerprint density at radius 3 is 2.84 bits per heavy atom. The van der Waals surface area contributed by atoms with Gasteiger partial charge >= 0.3 is 6.03 Å². The second kappa shape index (κ2) is 5.87. The van der Waals surface area contributed by atoms with E-state index in [9.17, 15) is 14.4 Å². The average Bonchev–Trinajstić information content (AvgIpc) is 3.28. The van der Waals surface area contributed by atoms with Crippen LogP contribution in [-0.2, 0) is 9.59 Å². The van der Waals surface area contributed by atoms with Crippen LogP contribution in [0.1, 0.15) is 24.7 Å². The zero-order valence-corrected chi connectivity index (χ0v) is 13.9. The van der Waals surface area contributed by atoms with E-state index in [1.807, 2.05) is 24.3 Å². The van der Waals surface area contributed by atoms with Gasteiger partial charge in [0.1, 0.15) is 18.9 Å². The summed E-state index contributed by atoms with van der Waals surface area (Å²) in [5, 5.41) is 0. The number of urea groups is 1. The molecule has 8 heteroatoms. The highest BCUT2D eigenvalue weighted by Crippen LogP contribution is 2.31. The molecule has 0 saturated carbocycles. The number of fused-ring (bicyclic) bond motifs is 1. The topological polar surface area (TPSA) is 89.6 Å². The zero-order valence-electron chi connectivity index (χ0n) is 13.9. The highest BCUT2D eigenvalue weighted by Gasteiger charge is 2.38.